The fourth-order valence-corrected chi connectivity index (χ4v) is 4.87. The number of morpholine rings is 1. The van der Waals surface area contributed by atoms with E-state index in [9.17, 15) is 22.8 Å². The second-order valence-electron chi connectivity index (χ2n) is 6.85. The van der Waals surface area contributed by atoms with Crippen molar-refractivity contribution in [3.05, 3.63) is 0 Å². The summed E-state index contributed by atoms with van der Waals surface area (Å²) >= 11 is 0. The number of amides is 2. The van der Waals surface area contributed by atoms with Gasteiger partial charge >= 0.3 is 10.2 Å². The SMILES string of the molecule is C[C@@H](CCC(=O)N([C@H]1CCCNCC1=O)S(=O)(=O)N1CCOCC1)C(N)=O. The molecule has 0 saturated carbocycles. The Bertz CT molecular complexity index is 662. The van der Waals surface area contributed by atoms with Gasteiger partial charge in [0.2, 0.25) is 11.8 Å². The normalized spacial score (nSPS) is 23.4. The summed E-state index contributed by atoms with van der Waals surface area (Å²) in [5.41, 5.74) is 5.22. The molecule has 0 aromatic heterocycles. The maximum absolute atomic E-state index is 13.2. The van der Waals surface area contributed by atoms with E-state index in [0.717, 1.165) is 4.31 Å². The first kappa shape index (κ1) is 21.7. The second-order valence-corrected chi connectivity index (χ2v) is 8.66. The van der Waals surface area contributed by atoms with Crippen LogP contribution >= 0.6 is 0 Å². The average molecular weight is 404 g/mol. The van der Waals surface area contributed by atoms with Gasteiger partial charge in [-0.25, -0.2) is 4.31 Å². The minimum Gasteiger partial charge on any atom is -0.379 e. The Labute approximate surface area is 159 Å². The molecule has 0 radical (unpaired) electrons. The van der Waals surface area contributed by atoms with Gasteiger partial charge in [-0.3, -0.25) is 14.4 Å². The van der Waals surface area contributed by atoms with Crippen molar-refractivity contribution in [3.8, 4) is 0 Å². The molecule has 2 saturated heterocycles. The number of primary amides is 1. The maximum atomic E-state index is 13.2. The Balaban J connectivity index is 2.27. The molecule has 0 unspecified atom stereocenters. The molecule has 2 heterocycles. The Morgan fingerprint density at radius 1 is 1.37 bits per heavy atom. The third kappa shape index (κ3) is 5.47. The summed E-state index contributed by atoms with van der Waals surface area (Å²) in [6.07, 6.45) is 0.802. The highest BCUT2D eigenvalue weighted by molar-refractivity contribution is 7.87. The van der Waals surface area contributed by atoms with Crippen molar-refractivity contribution < 1.29 is 27.5 Å². The fourth-order valence-electron chi connectivity index (χ4n) is 3.12. The number of ketones is 1. The highest BCUT2D eigenvalue weighted by atomic mass is 32.2. The number of nitrogens with zero attached hydrogens (tertiary/aromatic N) is 2. The van der Waals surface area contributed by atoms with Gasteiger partial charge in [-0.05, 0) is 25.8 Å². The molecule has 10 nitrogen and oxygen atoms in total. The van der Waals surface area contributed by atoms with Crippen molar-refractivity contribution in [2.24, 2.45) is 11.7 Å². The van der Waals surface area contributed by atoms with Crippen LogP contribution in [-0.2, 0) is 29.3 Å². The lowest BCUT2D eigenvalue weighted by molar-refractivity contribution is -0.134. The largest absolute Gasteiger partial charge is 0.379 e. The highest BCUT2D eigenvalue weighted by Crippen LogP contribution is 2.22. The van der Waals surface area contributed by atoms with Gasteiger partial charge in [0.1, 0.15) is 6.04 Å². The summed E-state index contributed by atoms with van der Waals surface area (Å²) < 4.78 is 33.5. The van der Waals surface area contributed by atoms with E-state index in [-0.39, 0.29) is 57.9 Å². The molecule has 2 aliphatic rings. The van der Waals surface area contributed by atoms with Crippen LogP contribution in [0.3, 0.4) is 0 Å². The minimum absolute atomic E-state index is 0.0186. The lowest BCUT2D eigenvalue weighted by Crippen LogP contribution is -2.56. The molecule has 3 N–H and O–H groups in total. The van der Waals surface area contributed by atoms with Gasteiger partial charge in [-0.15, -0.1) is 0 Å². The van der Waals surface area contributed by atoms with Gasteiger partial charge in [0.15, 0.2) is 5.78 Å². The van der Waals surface area contributed by atoms with Crippen molar-refractivity contribution in [2.75, 3.05) is 39.4 Å². The minimum atomic E-state index is -4.17. The maximum Gasteiger partial charge on any atom is 0.307 e. The molecule has 2 atom stereocenters. The lowest BCUT2D eigenvalue weighted by Gasteiger charge is -2.35. The molecule has 0 bridgehead atoms. The third-order valence-electron chi connectivity index (χ3n) is 4.85. The van der Waals surface area contributed by atoms with Gasteiger partial charge in [0.05, 0.1) is 19.8 Å². The van der Waals surface area contributed by atoms with Crippen molar-refractivity contribution in [1.82, 2.24) is 13.9 Å². The predicted octanol–water partition coefficient (Wildman–Crippen LogP) is -1.39. The molecule has 2 amide bonds. The van der Waals surface area contributed by atoms with Crippen molar-refractivity contribution in [1.29, 1.82) is 0 Å². The summed E-state index contributed by atoms with van der Waals surface area (Å²) in [6.45, 7) is 2.91. The van der Waals surface area contributed by atoms with E-state index in [1.165, 1.54) is 4.31 Å². The summed E-state index contributed by atoms with van der Waals surface area (Å²) in [6, 6.07) is -1.04. The van der Waals surface area contributed by atoms with E-state index in [1.54, 1.807) is 6.92 Å². The molecule has 2 aliphatic heterocycles. The van der Waals surface area contributed by atoms with Crippen LogP contribution in [-0.4, -0.2) is 80.1 Å². The van der Waals surface area contributed by atoms with Gasteiger partial charge in [-0.1, -0.05) is 6.92 Å². The molecule has 11 heteroatoms. The molecular formula is C16H28N4O6S. The monoisotopic (exact) mass is 404 g/mol. The van der Waals surface area contributed by atoms with E-state index in [1.807, 2.05) is 0 Å². The smallest absolute Gasteiger partial charge is 0.307 e. The molecule has 0 aromatic carbocycles. The molecular weight excluding hydrogens is 376 g/mol. The van der Waals surface area contributed by atoms with Gasteiger partial charge in [0.25, 0.3) is 0 Å². The van der Waals surface area contributed by atoms with Crippen LogP contribution in [0.5, 0.6) is 0 Å². The van der Waals surface area contributed by atoms with Crippen LogP contribution in [0.1, 0.15) is 32.6 Å². The first-order valence-electron chi connectivity index (χ1n) is 9.18. The third-order valence-corrected chi connectivity index (χ3v) is 6.83. The molecule has 0 aliphatic carbocycles. The van der Waals surface area contributed by atoms with Crippen LogP contribution < -0.4 is 11.1 Å². The number of carbonyl (C=O) groups excluding carboxylic acids is 3. The fraction of sp³-hybridized carbons (Fsp3) is 0.812. The van der Waals surface area contributed by atoms with E-state index in [4.69, 9.17) is 10.5 Å². The summed E-state index contributed by atoms with van der Waals surface area (Å²) in [5.74, 6) is -2.14. The summed E-state index contributed by atoms with van der Waals surface area (Å²) in [7, 11) is -4.17. The molecule has 154 valence electrons. The molecule has 0 spiro atoms. The molecule has 27 heavy (non-hydrogen) atoms. The average Bonchev–Trinajstić information content (AvgIpc) is 2.85. The molecule has 2 fully saturated rings. The number of rotatable bonds is 7. The van der Waals surface area contributed by atoms with Crippen molar-refractivity contribution in [3.63, 3.8) is 0 Å². The highest BCUT2D eigenvalue weighted by Gasteiger charge is 2.42. The predicted molar refractivity (Wildman–Crippen MR) is 96.6 cm³/mol. The van der Waals surface area contributed by atoms with Crippen LogP contribution in [0.15, 0.2) is 0 Å². The number of hydrogen-bond donors (Lipinski definition) is 2. The van der Waals surface area contributed by atoms with Crippen LogP contribution in [0.25, 0.3) is 0 Å². The Hall–Kier alpha value is -1.56. The van der Waals surface area contributed by atoms with E-state index >= 15 is 0 Å². The van der Waals surface area contributed by atoms with Crippen LogP contribution in [0, 0.1) is 5.92 Å². The molecule has 2 rings (SSSR count). The Morgan fingerprint density at radius 3 is 2.67 bits per heavy atom. The lowest BCUT2D eigenvalue weighted by atomic mass is 10.0. The second kappa shape index (κ2) is 9.58. The number of ether oxygens (including phenoxy) is 1. The summed E-state index contributed by atoms with van der Waals surface area (Å²) in [5, 5.41) is 2.94. The first-order chi connectivity index (χ1) is 12.7. The zero-order chi connectivity index (χ0) is 20.0. The number of Topliss-reactive ketones (excluding diaryl/α,β-unsaturated/α-hetero) is 1. The summed E-state index contributed by atoms with van der Waals surface area (Å²) in [4.78, 5) is 36.6. The number of nitrogens with one attached hydrogen (secondary N) is 1. The van der Waals surface area contributed by atoms with Crippen molar-refractivity contribution >= 4 is 27.8 Å². The molecule has 0 aromatic rings. The number of carbonyl (C=O) groups is 3. The Morgan fingerprint density at radius 2 is 2.04 bits per heavy atom. The number of hydrogen-bond acceptors (Lipinski definition) is 7. The van der Waals surface area contributed by atoms with E-state index in [0.29, 0.717) is 13.0 Å². The quantitative estimate of drug-likeness (QED) is 0.533. The van der Waals surface area contributed by atoms with Crippen molar-refractivity contribution in [2.45, 2.75) is 38.6 Å². The topological polar surface area (TPSA) is 139 Å². The zero-order valence-electron chi connectivity index (χ0n) is 15.6. The standard InChI is InChI=1S/C16H28N4O6S/c1-12(16(17)23)4-5-15(22)20(13-3-2-6-18-11-14(13)21)27(24,25)19-7-9-26-10-8-19/h12-13,18H,2-11H2,1H3,(H2,17,23)/t12-,13-/m0/s1. The zero-order valence-corrected chi connectivity index (χ0v) is 16.4. The van der Waals surface area contributed by atoms with Gasteiger partial charge in [0, 0.05) is 25.4 Å². The first-order valence-corrected chi connectivity index (χ1v) is 10.6. The number of nitrogens with two attached hydrogens (primary N) is 1. The van der Waals surface area contributed by atoms with E-state index < -0.39 is 34.0 Å². The van der Waals surface area contributed by atoms with Crippen LogP contribution in [0.4, 0.5) is 0 Å². The van der Waals surface area contributed by atoms with Gasteiger partial charge < -0.3 is 15.8 Å². The van der Waals surface area contributed by atoms with Crippen LogP contribution in [0.2, 0.25) is 0 Å². The Kier molecular flexibility index (Phi) is 7.71. The van der Waals surface area contributed by atoms with Gasteiger partial charge in [-0.2, -0.15) is 12.7 Å². The van der Waals surface area contributed by atoms with E-state index in [2.05, 4.69) is 5.32 Å².